The molecule has 1 atom stereocenters. The van der Waals surface area contributed by atoms with Gasteiger partial charge < -0.3 is 10.2 Å². The van der Waals surface area contributed by atoms with Crippen LogP contribution in [0.3, 0.4) is 0 Å². The maximum Gasteiger partial charge on any atom is 0.246 e. The SMILES string of the molecule is CSCCN1C(=O)C(C(C)(C)C)NC(=O)C12CCCC2. The minimum Gasteiger partial charge on any atom is -0.342 e. The van der Waals surface area contributed by atoms with Crippen LogP contribution >= 0.6 is 11.8 Å². The van der Waals surface area contributed by atoms with Gasteiger partial charge >= 0.3 is 0 Å². The van der Waals surface area contributed by atoms with Gasteiger partial charge in [0.1, 0.15) is 11.6 Å². The maximum atomic E-state index is 12.9. The smallest absolute Gasteiger partial charge is 0.246 e. The molecule has 4 nitrogen and oxygen atoms in total. The molecule has 2 rings (SSSR count). The molecular formula is C15H26N2O2S. The van der Waals surface area contributed by atoms with Crippen molar-refractivity contribution < 1.29 is 9.59 Å². The Hall–Kier alpha value is -0.710. The van der Waals surface area contributed by atoms with Gasteiger partial charge in [0, 0.05) is 12.3 Å². The Balaban J connectivity index is 2.31. The lowest BCUT2D eigenvalue weighted by Gasteiger charge is -2.49. The number of carbonyl (C=O) groups is 2. The largest absolute Gasteiger partial charge is 0.342 e. The Kier molecular flexibility index (Phi) is 4.38. The molecule has 0 aromatic rings. The summed E-state index contributed by atoms with van der Waals surface area (Å²) in [6, 6.07) is -0.400. The van der Waals surface area contributed by atoms with Crippen LogP contribution in [0.2, 0.25) is 0 Å². The molecule has 2 amide bonds. The first-order chi connectivity index (χ1) is 9.33. The number of nitrogens with one attached hydrogen (secondary N) is 1. The van der Waals surface area contributed by atoms with E-state index in [1.165, 1.54) is 0 Å². The molecule has 1 heterocycles. The normalized spacial score (nSPS) is 26.2. The Bertz CT molecular complexity index is 397. The van der Waals surface area contributed by atoms with Crippen LogP contribution in [0.5, 0.6) is 0 Å². The zero-order valence-corrected chi connectivity index (χ0v) is 13.8. The highest BCUT2D eigenvalue weighted by atomic mass is 32.2. The van der Waals surface area contributed by atoms with Crippen molar-refractivity contribution in [3.8, 4) is 0 Å². The highest BCUT2D eigenvalue weighted by molar-refractivity contribution is 7.98. The van der Waals surface area contributed by atoms with E-state index < -0.39 is 11.6 Å². The summed E-state index contributed by atoms with van der Waals surface area (Å²) in [5, 5.41) is 3.01. The van der Waals surface area contributed by atoms with Crippen LogP contribution < -0.4 is 5.32 Å². The van der Waals surface area contributed by atoms with Crippen molar-refractivity contribution in [2.45, 2.75) is 58.0 Å². The first kappa shape index (κ1) is 15.7. The number of amides is 2. The summed E-state index contributed by atoms with van der Waals surface area (Å²) in [5.41, 5.74) is -0.806. The quantitative estimate of drug-likeness (QED) is 0.867. The van der Waals surface area contributed by atoms with Crippen molar-refractivity contribution in [1.82, 2.24) is 10.2 Å². The van der Waals surface area contributed by atoms with Crippen LogP contribution in [0.4, 0.5) is 0 Å². The van der Waals surface area contributed by atoms with Crippen LogP contribution in [-0.2, 0) is 9.59 Å². The number of piperazine rings is 1. The van der Waals surface area contributed by atoms with Crippen molar-refractivity contribution in [3.63, 3.8) is 0 Å². The van der Waals surface area contributed by atoms with E-state index >= 15 is 0 Å². The fourth-order valence-electron chi connectivity index (χ4n) is 3.37. The summed E-state index contributed by atoms with van der Waals surface area (Å²) >= 11 is 1.72. The van der Waals surface area contributed by atoms with Gasteiger partial charge in [0.05, 0.1) is 0 Å². The molecule has 1 aliphatic heterocycles. The predicted molar refractivity (Wildman–Crippen MR) is 82.7 cm³/mol. The molecule has 1 saturated heterocycles. The van der Waals surface area contributed by atoms with E-state index in [4.69, 9.17) is 0 Å². The van der Waals surface area contributed by atoms with E-state index in [2.05, 4.69) is 5.32 Å². The molecule has 20 heavy (non-hydrogen) atoms. The van der Waals surface area contributed by atoms with Gasteiger partial charge in [0.2, 0.25) is 11.8 Å². The molecule has 1 aliphatic carbocycles. The zero-order valence-electron chi connectivity index (χ0n) is 13.0. The monoisotopic (exact) mass is 298 g/mol. The molecule has 1 N–H and O–H groups in total. The van der Waals surface area contributed by atoms with Gasteiger partial charge in [-0.25, -0.2) is 0 Å². The summed E-state index contributed by atoms with van der Waals surface area (Å²) in [6.07, 6.45) is 5.75. The first-order valence-electron chi connectivity index (χ1n) is 7.44. The minimum absolute atomic E-state index is 0.0654. The standard InChI is InChI=1S/C15H26N2O2S/c1-14(2,3)11-12(18)17(9-10-20-4)15(13(19)16-11)7-5-6-8-15/h11H,5-10H2,1-4H3,(H,16,19). The van der Waals surface area contributed by atoms with Gasteiger partial charge in [-0.1, -0.05) is 33.6 Å². The van der Waals surface area contributed by atoms with E-state index in [1.54, 1.807) is 11.8 Å². The molecule has 0 bridgehead atoms. The molecular weight excluding hydrogens is 272 g/mol. The minimum atomic E-state index is -0.561. The van der Waals surface area contributed by atoms with E-state index in [0.717, 1.165) is 31.4 Å². The molecule has 0 aromatic heterocycles. The Labute approximate surface area is 126 Å². The highest BCUT2D eigenvalue weighted by Gasteiger charge is 2.55. The lowest BCUT2D eigenvalue weighted by molar-refractivity contribution is -0.160. The van der Waals surface area contributed by atoms with Crippen molar-refractivity contribution in [3.05, 3.63) is 0 Å². The van der Waals surface area contributed by atoms with E-state index in [1.807, 2.05) is 31.9 Å². The Morgan fingerprint density at radius 1 is 1.30 bits per heavy atom. The average Bonchev–Trinajstić information content (AvgIpc) is 2.83. The number of nitrogens with zero attached hydrogens (tertiary/aromatic N) is 1. The summed E-state index contributed by atoms with van der Waals surface area (Å²) in [6.45, 7) is 6.71. The molecule has 1 saturated carbocycles. The van der Waals surface area contributed by atoms with Crippen LogP contribution in [0.25, 0.3) is 0 Å². The fraction of sp³-hybridized carbons (Fsp3) is 0.867. The Morgan fingerprint density at radius 3 is 2.40 bits per heavy atom. The van der Waals surface area contributed by atoms with E-state index in [0.29, 0.717) is 6.54 Å². The van der Waals surface area contributed by atoms with Crippen molar-refractivity contribution in [1.29, 1.82) is 0 Å². The number of thioether (sulfide) groups is 1. The predicted octanol–water partition coefficient (Wildman–Crippen LogP) is 2.04. The lowest BCUT2D eigenvalue weighted by Crippen LogP contribution is -2.72. The third-order valence-corrected chi connectivity index (χ3v) is 5.13. The second-order valence-electron chi connectivity index (χ2n) is 6.99. The zero-order chi connectivity index (χ0) is 15.0. The molecule has 0 aromatic carbocycles. The first-order valence-corrected chi connectivity index (χ1v) is 8.84. The number of rotatable bonds is 3. The maximum absolute atomic E-state index is 12.9. The van der Waals surface area contributed by atoms with Gasteiger partial charge in [-0.2, -0.15) is 11.8 Å². The van der Waals surface area contributed by atoms with Crippen LogP contribution in [-0.4, -0.2) is 46.8 Å². The molecule has 2 fully saturated rings. The third kappa shape index (κ3) is 2.57. The number of hydrogen-bond acceptors (Lipinski definition) is 3. The van der Waals surface area contributed by atoms with Gasteiger partial charge in [-0.15, -0.1) is 0 Å². The van der Waals surface area contributed by atoms with E-state index in [-0.39, 0.29) is 17.2 Å². The summed E-state index contributed by atoms with van der Waals surface area (Å²) in [4.78, 5) is 27.5. The lowest BCUT2D eigenvalue weighted by atomic mass is 9.80. The average molecular weight is 298 g/mol. The molecule has 114 valence electrons. The topological polar surface area (TPSA) is 49.4 Å². The van der Waals surface area contributed by atoms with Crippen LogP contribution in [0, 0.1) is 5.41 Å². The molecule has 1 unspecified atom stereocenters. The summed E-state index contributed by atoms with van der Waals surface area (Å²) < 4.78 is 0. The van der Waals surface area contributed by atoms with Crippen LogP contribution in [0.15, 0.2) is 0 Å². The summed E-state index contributed by atoms with van der Waals surface area (Å²) in [7, 11) is 0. The second-order valence-corrected chi connectivity index (χ2v) is 7.98. The third-order valence-electron chi connectivity index (χ3n) is 4.54. The van der Waals surface area contributed by atoms with Gasteiger partial charge in [0.15, 0.2) is 0 Å². The fourth-order valence-corrected chi connectivity index (χ4v) is 3.73. The van der Waals surface area contributed by atoms with Crippen LogP contribution in [0.1, 0.15) is 46.5 Å². The van der Waals surface area contributed by atoms with Crippen molar-refractivity contribution in [2.75, 3.05) is 18.6 Å². The molecule has 1 spiro atoms. The van der Waals surface area contributed by atoms with Gasteiger partial charge in [-0.05, 0) is 24.5 Å². The van der Waals surface area contributed by atoms with Crippen molar-refractivity contribution in [2.24, 2.45) is 5.41 Å². The summed E-state index contributed by atoms with van der Waals surface area (Å²) in [5.74, 6) is 1.06. The van der Waals surface area contributed by atoms with Gasteiger partial charge in [-0.3, -0.25) is 9.59 Å². The molecule has 2 aliphatic rings. The Morgan fingerprint density at radius 2 is 1.90 bits per heavy atom. The second kappa shape index (κ2) is 5.58. The number of carbonyl (C=O) groups excluding carboxylic acids is 2. The molecule has 0 radical (unpaired) electrons. The number of hydrogen-bond donors (Lipinski definition) is 1. The molecule has 5 heteroatoms. The van der Waals surface area contributed by atoms with E-state index in [9.17, 15) is 9.59 Å². The van der Waals surface area contributed by atoms with Crippen molar-refractivity contribution >= 4 is 23.6 Å². The van der Waals surface area contributed by atoms with Gasteiger partial charge in [0.25, 0.3) is 0 Å². The highest BCUT2D eigenvalue weighted by Crippen LogP contribution is 2.40.